The minimum Gasteiger partial charge on any atom is -0.496 e. The molecule has 0 N–H and O–H groups in total. The molecule has 0 aliphatic carbocycles. The van der Waals surface area contributed by atoms with Gasteiger partial charge in [-0.1, -0.05) is 61.6 Å². The third-order valence-electron chi connectivity index (χ3n) is 4.58. The second kappa shape index (κ2) is 7.10. The van der Waals surface area contributed by atoms with Crippen molar-refractivity contribution in [3.05, 3.63) is 71.8 Å². The maximum atomic E-state index is 7.05. The third-order valence-corrected chi connectivity index (χ3v) is 7.20. The summed E-state index contributed by atoms with van der Waals surface area (Å²) < 4.78 is 11.4. The van der Waals surface area contributed by atoms with Crippen molar-refractivity contribution >= 4 is 29.2 Å². The Balaban J connectivity index is 2.37. The Kier molecular flexibility index (Phi) is 5.07. The highest BCUT2D eigenvalue weighted by atomic mass is 35.6. The van der Waals surface area contributed by atoms with Gasteiger partial charge >= 0.3 is 0 Å². The Hall–Kier alpha value is -1.97. The fraction of sp³-hybridized carbons (Fsp3) is 0.238. The highest BCUT2D eigenvalue weighted by Crippen LogP contribution is 2.46. The number of benzene rings is 3. The van der Waals surface area contributed by atoms with Crippen LogP contribution in [0.1, 0.15) is 16.7 Å². The zero-order chi connectivity index (χ0) is 18.0. The summed E-state index contributed by atoms with van der Waals surface area (Å²) in [6.45, 7) is 4.35. The Bertz CT molecular complexity index is 886. The van der Waals surface area contributed by atoms with Crippen molar-refractivity contribution in [1.29, 1.82) is 0 Å². The van der Waals surface area contributed by atoms with E-state index < -0.39 is 7.38 Å². The lowest BCUT2D eigenvalue weighted by Crippen LogP contribution is -2.30. The standard InChI is InChI=1S/C21H23ClO2Si/c1-23-18-12-8-7-11-17(18)21(25(3,4)22)20-16-10-6-5-9-15(16)13-14-19(20)24-2/h5-14,21H,1-4H3. The maximum Gasteiger partial charge on any atom is 0.162 e. The quantitative estimate of drug-likeness (QED) is 0.406. The highest BCUT2D eigenvalue weighted by Gasteiger charge is 2.37. The first kappa shape index (κ1) is 17.8. The SMILES string of the molecule is COc1ccccc1C(c1c(OC)ccc2ccccc12)[Si](C)(C)Cl. The minimum atomic E-state index is -2.17. The average Bonchev–Trinajstić information content (AvgIpc) is 2.61. The van der Waals surface area contributed by atoms with Crippen LogP contribution in [0.2, 0.25) is 13.1 Å². The molecule has 0 amide bonds. The molecular formula is C21H23ClO2Si. The first-order chi connectivity index (χ1) is 12.0. The Morgan fingerprint density at radius 1 is 0.800 bits per heavy atom. The molecule has 130 valence electrons. The molecule has 1 atom stereocenters. The summed E-state index contributed by atoms with van der Waals surface area (Å²) >= 11 is 7.05. The third kappa shape index (κ3) is 3.39. The summed E-state index contributed by atoms with van der Waals surface area (Å²) in [7, 11) is 1.26. The van der Waals surface area contributed by atoms with E-state index in [0.29, 0.717) is 0 Å². The van der Waals surface area contributed by atoms with E-state index in [2.05, 4.69) is 49.5 Å². The largest absolute Gasteiger partial charge is 0.496 e. The van der Waals surface area contributed by atoms with E-state index in [0.717, 1.165) is 22.6 Å². The predicted octanol–water partition coefficient (Wildman–Crippen LogP) is 5.97. The molecule has 0 saturated heterocycles. The van der Waals surface area contributed by atoms with Gasteiger partial charge in [-0.3, -0.25) is 0 Å². The van der Waals surface area contributed by atoms with Crippen LogP contribution in [-0.4, -0.2) is 21.6 Å². The van der Waals surface area contributed by atoms with E-state index in [-0.39, 0.29) is 5.54 Å². The summed E-state index contributed by atoms with van der Waals surface area (Å²) in [6.07, 6.45) is 0. The molecule has 3 aromatic carbocycles. The molecule has 25 heavy (non-hydrogen) atoms. The van der Waals surface area contributed by atoms with Crippen LogP contribution in [0.4, 0.5) is 0 Å². The second-order valence-electron chi connectivity index (χ2n) is 6.64. The van der Waals surface area contributed by atoms with Gasteiger partial charge in [-0.2, -0.15) is 11.1 Å². The molecule has 0 aromatic heterocycles. The van der Waals surface area contributed by atoms with E-state index in [1.165, 1.54) is 10.8 Å². The van der Waals surface area contributed by atoms with Gasteiger partial charge in [-0.25, -0.2) is 0 Å². The Labute approximate surface area is 155 Å². The number of hydrogen-bond donors (Lipinski definition) is 0. The average molecular weight is 371 g/mol. The zero-order valence-electron chi connectivity index (χ0n) is 15.0. The van der Waals surface area contributed by atoms with Crippen LogP contribution in [-0.2, 0) is 0 Å². The van der Waals surface area contributed by atoms with Gasteiger partial charge in [-0.05, 0) is 22.9 Å². The van der Waals surface area contributed by atoms with Gasteiger partial charge in [0.1, 0.15) is 11.5 Å². The van der Waals surface area contributed by atoms with Crippen LogP contribution in [0, 0.1) is 0 Å². The van der Waals surface area contributed by atoms with Gasteiger partial charge in [0, 0.05) is 16.7 Å². The molecule has 2 nitrogen and oxygen atoms in total. The number of rotatable bonds is 5. The number of hydrogen-bond acceptors (Lipinski definition) is 2. The van der Waals surface area contributed by atoms with Crippen molar-refractivity contribution in [2.24, 2.45) is 0 Å². The number of para-hydroxylation sites is 1. The van der Waals surface area contributed by atoms with E-state index in [1.54, 1.807) is 14.2 Å². The van der Waals surface area contributed by atoms with Gasteiger partial charge in [0.05, 0.1) is 14.2 Å². The zero-order valence-corrected chi connectivity index (χ0v) is 16.8. The van der Waals surface area contributed by atoms with E-state index in [4.69, 9.17) is 20.6 Å². The lowest BCUT2D eigenvalue weighted by Gasteiger charge is -2.31. The number of halogens is 1. The van der Waals surface area contributed by atoms with Crippen LogP contribution in [0.3, 0.4) is 0 Å². The van der Waals surface area contributed by atoms with Crippen molar-refractivity contribution in [2.75, 3.05) is 14.2 Å². The molecule has 0 heterocycles. The van der Waals surface area contributed by atoms with E-state index >= 15 is 0 Å². The normalized spacial score (nSPS) is 12.8. The van der Waals surface area contributed by atoms with Crippen molar-refractivity contribution in [2.45, 2.75) is 18.6 Å². The lowest BCUT2D eigenvalue weighted by molar-refractivity contribution is 0.405. The Morgan fingerprint density at radius 2 is 1.44 bits per heavy atom. The molecule has 0 bridgehead atoms. The molecule has 0 radical (unpaired) electrons. The van der Waals surface area contributed by atoms with Gasteiger partial charge in [0.2, 0.25) is 0 Å². The van der Waals surface area contributed by atoms with E-state index in [1.807, 2.05) is 24.3 Å². The molecule has 3 rings (SSSR count). The maximum absolute atomic E-state index is 7.05. The van der Waals surface area contributed by atoms with Crippen molar-refractivity contribution in [3.63, 3.8) is 0 Å². The predicted molar refractivity (Wildman–Crippen MR) is 109 cm³/mol. The van der Waals surface area contributed by atoms with Gasteiger partial charge < -0.3 is 9.47 Å². The van der Waals surface area contributed by atoms with Crippen LogP contribution >= 0.6 is 11.1 Å². The molecule has 3 aromatic rings. The monoisotopic (exact) mass is 370 g/mol. The molecule has 0 saturated carbocycles. The molecule has 0 aliphatic rings. The fourth-order valence-electron chi connectivity index (χ4n) is 3.52. The highest BCUT2D eigenvalue weighted by molar-refractivity contribution is 7.20. The molecule has 0 spiro atoms. The first-order valence-corrected chi connectivity index (χ1v) is 12.4. The van der Waals surface area contributed by atoms with Gasteiger partial charge in [0.25, 0.3) is 0 Å². The van der Waals surface area contributed by atoms with E-state index in [9.17, 15) is 0 Å². The molecule has 0 aliphatic heterocycles. The molecular weight excluding hydrogens is 348 g/mol. The summed E-state index contributed by atoms with van der Waals surface area (Å²) in [5, 5.41) is 2.37. The molecule has 1 unspecified atom stereocenters. The van der Waals surface area contributed by atoms with Crippen LogP contribution in [0.25, 0.3) is 10.8 Å². The smallest absolute Gasteiger partial charge is 0.162 e. The fourth-order valence-corrected chi connectivity index (χ4v) is 6.17. The van der Waals surface area contributed by atoms with Crippen molar-refractivity contribution in [1.82, 2.24) is 0 Å². The second-order valence-corrected chi connectivity index (χ2v) is 13.3. The number of ether oxygens (including phenoxy) is 2. The van der Waals surface area contributed by atoms with Gasteiger partial charge in [0.15, 0.2) is 7.38 Å². The first-order valence-electron chi connectivity index (χ1n) is 8.35. The van der Waals surface area contributed by atoms with Crippen molar-refractivity contribution in [3.8, 4) is 11.5 Å². The number of methoxy groups -OCH3 is 2. The van der Waals surface area contributed by atoms with Gasteiger partial charge in [-0.15, -0.1) is 0 Å². The minimum absolute atomic E-state index is 0.0476. The lowest BCUT2D eigenvalue weighted by atomic mass is 9.96. The summed E-state index contributed by atoms with van der Waals surface area (Å²) in [4.78, 5) is 0. The van der Waals surface area contributed by atoms with Crippen LogP contribution < -0.4 is 9.47 Å². The van der Waals surface area contributed by atoms with Crippen LogP contribution in [0.15, 0.2) is 60.7 Å². The molecule has 0 fully saturated rings. The summed E-state index contributed by atoms with van der Waals surface area (Å²) in [6, 6.07) is 20.7. The molecule has 4 heteroatoms. The van der Waals surface area contributed by atoms with Crippen molar-refractivity contribution < 1.29 is 9.47 Å². The topological polar surface area (TPSA) is 18.5 Å². The summed E-state index contributed by atoms with van der Waals surface area (Å²) in [5.41, 5.74) is 2.31. The number of fused-ring (bicyclic) bond motifs is 1. The Morgan fingerprint density at radius 3 is 2.12 bits per heavy atom. The van der Waals surface area contributed by atoms with Crippen LogP contribution in [0.5, 0.6) is 11.5 Å². The summed E-state index contributed by atoms with van der Waals surface area (Å²) in [5.74, 6) is 1.74.